The molecule has 0 aliphatic carbocycles. The van der Waals surface area contributed by atoms with E-state index in [1.165, 1.54) is 20.5 Å². The first-order valence-corrected chi connectivity index (χ1v) is 16.8. The zero-order valence-electron chi connectivity index (χ0n) is 25.0. The summed E-state index contributed by atoms with van der Waals surface area (Å²) in [4.78, 5) is 33.2. The Bertz CT molecular complexity index is 1950. The van der Waals surface area contributed by atoms with Gasteiger partial charge in [-0.25, -0.2) is 9.79 Å². The Morgan fingerprint density at radius 3 is 2.58 bits per heavy atom. The van der Waals surface area contributed by atoms with E-state index in [-0.39, 0.29) is 12.2 Å². The highest BCUT2D eigenvalue weighted by atomic mass is 127. The van der Waals surface area contributed by atoms with Gasteiger partial charge in [0.15, 0.2) is 4.80 Å². The summed E-state index contributed by atoms with van der Waals surface area (Å²) in [6, 6.07) is 13.4. The molecule has 5 rings (SSSR count). The first-order chi connectivity index (χ1) is 20.6. The van der Waals surface area contributed by atoms with Crippen LogP contribution in [0, 0.1) is 24.3 Å². The Balaban J connectivity index is 1.76. The number of rotatable bonds is 8. The molecule has 0 N–H and O–H groups in total. The Kier molecular flexibility index (Phi) is 9.48. The smallest absolute Gasteiger partial charge is 0.338 e. The van der Waals surface area contributed by atoms with Crippen molar-refractivity contribution in [1.29, 1.82) is 0 Å². The van der Waals surface area contributed by atoms with Gasteiger partial charge in [0.05, 0.1) is 29.5 Å². The van der Waals surface area contributed by atoms with Gasteiger partial charge in [-0.2, -0.15) is 0 Å². The summed E-state index contributed by atoms with van der Waals surface area (Å²) < 4.78 is 17.6. The molecular weight excluding hydrogens is 741 g/mol. The van der Waals surface area contributed by atoms with Gasteiger partial charge in [0.1, 0.15) is 11.8 Å². The summed E-state index contributed by atoms with van der Waals surface area (Å²) in [5, 5.41) is 0. The molecule has 3 heterocycles. The van der Waals surface area contributed by atoms with Gasteiger partial charge in [0, 0.05) is 30.7 Å². The fourth-order valence-electron chi connectivity index (χ4n) is 5.53. The highest BCUT2D eigenvalue weighted by Crippen LogP contribution is 2.38. The predicted octanol–water partition coefficient (Wildman–Crippen LogP) is 6.67. The van der Waals surface area contributed by atoms with Crippen LogP contribution in [-0.4, -0.2) is 28.8 Å². The van der Waals surface area contributed by atoms with Crippen LogP contribution in [0.3, 0.4) is 0 Å². The average Bonchev–Trinajstić information content (AvgIpc) is 3.43. The van der Waals surface area contributed by atoms with Crippen molar-refractivity contribution in [2.45, 2.75) is 53.5 Å². The number of ether oxygens (including phenoxy) is 2. The van der Waals surface area contributed by atoms with Crippen LogP contribution in [0.2, 0.25) is 0 Å². The summed E-state index contributed by atoms with van der Waals surface area (Å²) in [6.45, 7) is 10.3. The monoisotopic (exact) mass is 773 g/mol. The largest absolute Gasteiger partial charge is 0.496 e. The zero-order chi connectivity index (χ0) is 31.0. The second-order valence-electron chi connectivity index (χ2n) is 10.4. The Morgan fingerprint density at radius 2 is 1.91 bits per heavy atom. The molecular formula is C33H33BrIN3O4S. The maximum Gasteiger partial charge on any atom is 0.338 e. The van der Waals surface area contributed by atoms with Gasteiger partial charge in [-0.1, -0.05) is 46.7 Å². The topological polar surface area (TPSA) is 74.8 Å². The van der Waals surface area contributed by atoms with Crippen molar-refractivity contribution in [1.82, 2.24) is 9.13 Å². The van der Waals surface area contributed by atoms with Crippen molar-refractivity contribution in [3.63, 3.8) is 0 Å². The average molecular weight is 775 g/mol. The molecule has 43 heavy (non-hydrogen) atoms. The maximum absolute atomic E-state index is 14.3. The second kappa shape index (κ2) is 13.0. The number of thiazole rings is 1. The maximum atomic E-state index is 14.3. The summed E-state index contributed by atoms with van der Waals surface area (Å²) in [5.41, 5.74) is 6.83. The van der Waals surface area contributed by atoms with Gasteiger partial charge in [0.25, 0.3) is 5.56 Å². The van der Waals surface area contributed by atoms with Crippen LogP contribution < -0.4 is 19.6 Å². The molecule has 0 amide bonds. The fraction of sp³-hybridized carbons (Fsp3) is 0.303. The van der Waals surface area contributed by atoms with Crippen molar-refractivity contribution in [3.05, 3.63) is 110 Å². The third-order valence-electron chi connectivity index (χ3n) is 7.55. The number of hydrogen-bond donors (Lipinski definition) is 0. The summed E-state index contributed by atoms with van der Waals surface area (Å²) >= 11 is 7.27. The number of esters is 1. The van der Waals surface area contributed by atoms with Crippen molar-refractivity contribution in [2.75, 3.05) is 13.7 Å². The molecule has 4 aromatic rings. The number of hydrogen-bond acceptors (Lipinski definition) is 6. The van der Waals surface area contributed by atoms with Crippen molar-refractivity contribution >= 4 is 61.9 Å². The number of benzene rings is 2. The summed E-state index contributed by atoms with van der Waals surface area (Å²) in [6.07, 6.45) is 3.29. The normalized spacial score (nSPS) is 15.0. The minimum absolute atomic E-state index is 0.212. The van der Waals surface area contributed by atoms with Crippen LogP contribution in [0.4, 0.5) is 0 Å². The zero-order valence-corrected chi connectivity index (χ0v) is 29.5. The van der Waals surface area contributed by atoms with E-state index in [1.807, 2.05) is 31.2 Å². The first-order valence-electron chi connectivity index (χ1n) is 14.1. The predicted molar refractivity (Wildman–Crippen MR) is 183 cm³/mol. The number of aryl methyl sites for hydroxylation is 2. The van der Waals surface area contributed by atoms with Crippen molar-refractivity contribution < 1.29 is 14.3 Å². The summed E-state index contributed by atoms with van der Waals surface area (Å²) in [7, 11) is 1.59. The molecule has 1 aliphatic rings. The van der Waals surface area contributed by atoms with Crippen molar-refractivity contribution in [3.8, 4) is 11.4 Å². The number of carbonyl (C=O) groups excluding carboxylic acids is 1. The van der Waals surface area contributed by atoms with E-state index in [4.69, 9.17) is 14.5 Å². The van der Waals surface area contributed by atoms with Crippen LogP contribution in [-0.2, 0) is 9.53 Å². The van der Waals surface area contributed by atoms with Gasteiger partial charge >= 0.3 is 5.97 Å². The Labute approximate surface area is 276 Å². The number of halogens is 2. The lowest BCUT2D eigenvalue weighted by Crippen LogP contribution is -2.40. The number of methoxy groups -OCH3 is 1. The number of allylic oxidation sites excluding steroid dienone is 1. The summed E-state index contributed by atoms with van der Waals surface area (Å²) in [5.74, 6) is 0.0888. The van der Waals surface area contributed by atoms with Gasteiger partial charge in [-0.3, -0.25) is 9.36 Å². The lowest BCUT2D eigenvalue weighted by molar-refractivity contribution is -0.139. The molecule has 0 spiro atoms. The lowest BCUT2D eigenvalue weighted by Gasteiger charge is -2.27. The minimum Gasteiger partial charge on any atom is -0.496 e. The van der Waals surface area contributed by atoms with Crippen LogP contribution in [0.5, 0.6) is 5.75 Å². The third-order valence-corrected chi connectivity index (χ3v) is 10.2. The van der Waals surface area contributed by atoms with E-state index in [9.17, 15) is 9.59 Å². The first kappa shape index (κ1) is 31.5. The number of aromatic nitrogens is 2. The fourth-order valence-corrected chi connectivity index (χ4v) is 7.42. The third kappa shape index (κ3) is 5.93. The van der Waals surface area contributed by atoms with E-state index in [0.717, 1.165) is 33.5 Å². The second-order valence-corrected chi connectivity index (χ2v) is 13.5. The van der Waals surface area contributed by atoms with E-state index in [2.05, 4.69) is 88.1 Å². The molecule has 0 unspecified atom stereocenters. The minimum atomic E-state index is -0.756. The highest BCUT2D eigenvalue weighted by Gasteiger charge is 2.36. The van der Waals surface area contributed by atoms with Crippen LogP contribution in [0.25, 0.3) is 11.8 Å². The van der Waals surface area contributed by atoms with Crippen LogP contribution in [0.15, 0.2) is 68.0 Å². The van der Waals surface area contributed by atoms with Gasteiger partial charge in [-0.05, 0) is 110 Å². The molecule has 224 valence electrons. The van der Waals surface area contributed by atoms with Crippen molar-refractivity contribution in [2.24, 2.45) is 4.99 Å². The standard InChI is InChI=1S/C33H33BrIN3O4S/c1-7-9-26-29(32(40)42-8-2)30(24-16-22(34)11-13-27(24)41-6)38-31(39)28(43-33(38)36-26)15-21-14-19(4)37(20(21)5)23-12-10-18(3)25(35)17-23/h10-17,30H,7-9H2,1-6H3/b28-15+/t30-/m1/s1. The SMILES string of the molecule is CCCC1=C(C(=O)OCC)[C@@H](c2cc(Br)ccc2OC)n2c(s/c(=C/c3cc(C)n(-c4ccc(C)c(I)c4)c3C)c2=O)=N1. The molecule has 10 heteroatoms. The van der Waals surface area contributed by atoms with Gasteiger partial charge in [0.2, 0.25) is 0 Å². The molecule has 2 aromatic carbocycles. The van der Waals surface area contributed by atoms with E-state index < -0.39 is 12.0 Å². The quantitative estimate of drug-likeness (QED) is 0.148. The number of nitrogens with zero attached hydrogens (tertiary/aromatic N) is 3. The van der Waals surface area contributed by atoms with Gasteiger partial charge in [-0.15, -0.1) is 0 Å². The van der Waals surface area contributed by atoms with E-state index in [1.54, 1.807) is 18.6 Å². The molecule has 7 nitrogen and oxygen atoms in total. The molecule has 1 atom stereocenters. The Hall–Kier alpha value is -2.96. The lowest BCUT2D eigenvalue weighted by atomic mass is 9.93. The Morgan fingerprint density at radius 1 is 1.14 bits per heavy atom. The number of fused-ring (bicyclic) bond motifs is 1. The highest BCUT2D eigenvalue weighted by molar-refractivity contribution is 14.1. The molecule has 0 radical (unpaired) electrons. The van der Waals surface area contributed by atoms with E-state index >= 15 is 0 Å². The van der Waals surface area contributed by atoms with Crippen LogP contribution in [0.1, 0.15) is 60.8 Å². The molecule has 0 bridgehead atoms. The molecule has 0 saturated carbocycles. The molecule has 1 aliphatic heterocycles. The molecule has 0 saturated heterocycles. The molecule has 2 aromatic heterocycles. The van der Waals surface area contributed by atoms with E-state index in [0.29, 0.717) is 38.3 Å². The van der Waals surface area contributed by atoms with Crippen LogP contribution >= 0.6 is 49.9 Å². The number of carbonyl (C=O) groups is 1. The van der Waals surface area contributed by atoms with Gasteiger partial charge < -0.3 is 14.0 Å². The molecule has 0 fully saturated rings.